The SMILES string of the molecule is Cc1ccnc(NC(=O)[C@@H](C)Cn2nc(C)cc2C)c1. The Morgan fingerprint density at radius 3 is 2.70 bits per heavy atom. The molecule has 0 saturated carbocycles. The number of rotatable bonds is 4. The molecular weight excluding hydrogens is 252 g/mol. The Balaban J connectivity index is 2.00. The summed E-state index contributed by atoms with van der Waals surface area (Å²) in [5.74, 6) is 0.376. The molecule has 0 saturated heterocycles. The third-order valence-electron chi connectivity index (χ3n) is 3.16. The highest BCUT2D eigenvalue weighted by atomic mass is 16.1. The van der Waals surface area contributed by atoms with E-state index in [0.29, 0.717) is 12.4 Å². The minimum absolute atomic E-state index is 0.0457. The molecule has 1 atom stereocenters. The van der Waals surface area contributed by atoms with Crippen molar-refractivity contribution in [3.05, 3.63) is 41.3 Å². The molecule has 0 spiro atoms. The second-order valence-corrected chi connectivity index (χ2v) is 5.22. The maximum Gasteiger partial charge on any atom is 0.230 e. The molecule has 0 aliphatic rings. The van der Waals surface area contributed by atoms with Crippen molar-refractivity contribution < 1.29 is 4.79 Å². The molecule has 0 unspecified atom stereocenters. The standard InChI is InChI=1S/C15H20N4O/c1-10-5-6-16-14(7-10)17-15(20)11(2)9-19-13(4)8-12(3)18-19/h5-8,11H,9H2,1-4H3,(H,16,17,20)/t11-/m0/s1. The highest BCUT2D eigenvalue weighted by Crippen LogP contribution is 2.10. The Kier molecular flexibility index (Phi) is 4.17. The Bertz CT molecular complexity index is 618. The highest BCUT2D eigenvalue weighted by Gasteiger charge is 2.15. The molecule has 5 nitrogen and oxygen atoms in total. The van der Waals surface area contributed by atoms with Crippen molar-refractivity contribution in [1.82, 2.24) is 14.8 Å². The predicted molar refractivity (Wildman–Crippen MR) is 78.5 cm³/mol. The van der Waals surface area contributed by atoms with Gasteiger partial charge in [-0.15, -0.1) is 0 Å². The maximum atomic E-state index is 12.2. The predicted octanol–water partition coefficient (Wildman–Crippen LogP) is 2.48. The summed E-state index contributed by atoms with van der Waals surface area (Å²) < 4.78 is 1.86. The summed E-state index contributed by atoms with van der Waals surface area (Å²) in [4.78, 5) is 16.3. The van der Waals surface area contributed by atoms with E-state index in [-0.39, 0.29) is 11.8 Å². The van der Waals surface area contributed by atoms with Gasteiger partial charge in [0.05, 0.1) is 18.2 Å². The van der Waals surface area contributed by atoms with Crippen LogP contribution in [-0.4, -0.2) is 20.7 Å². The number of amides is 1. The minimum atomic E-state index is -0.171. The number of aryl methyl sites for hydroxylation is 3. The number of pyridine rings is 1. The van der Waals surface area contributed by atoms with Crippen LogP contribution in [0.3, 0.4) is 0 Å². The first-order valence-electron chi connectivity index (χ1n) is 6.70. The number of carbonyl (C=O) groups is 1. The van der Waals surface area contributed by atoms with Crippen molar-refractivity contribution in [3.8, 4) is 0 Å². The quantitative estimate of drug-likeness (QED) is 0.930. The van der Waals surface area contributed by atoms with Crippen LogP contribution >= 0.6 is 0 Å². The largest absolute Gasteiger partial charge is 0.310 e. The lowest BCUT2D eigenvalue weighted by molar-refractivity contribution is -0.119. The lowest BCUT2D eigenvalue weighted by atomic mass is 10.1. The van der Waals surface area contributed by atoms with E-state index in [1.54, 1.807) is 6.20 Å². The summed E-state index contributed by atoms with van der Waals surface area (Å²) in [6, 6.07) is 5.76. The first-order chi connectivity index (χ1) is 9.45. The van der Waals surface area contributed by atoms with Crippen molar-refractivity contribution >= 4 is 11.7 Å². The number of aromatic nitrogens is 3. The van der Waals surface area contributed by atoms with Crippen LogP contribution < -0.4 is 5.32 Å². The smallest absolute Gasteiger partial charge is 0.230 e. The number of hydrogen-bond acceptors (Lipinski definition) is 3. The van der Waals surface area contributed by atoms with Crippen LogP contribution in [0.4, 0.5) is 5.82 Å². The summed E-state index contributed by atoms with van der Waals surface area (Å²) in [6.45, 7) is 8.37. The van der Waals surface area contributed by atoms with Gasteiger partial charge in [-0.25, -0.2) is 4.98 Å². The molecule has 5 heteroatoms. The molecule has 0 radical (unpaired) electrons. The van der Waals surface area contributed by atoms with Gasteiger partial charge in [0.25, 0.3) is 0 Å². The van der Waals surface area contributed by atoms with Crippen LogP contribution in [0.15, 0.2) is 24.4 Å². The molecule has 2 aromatic heterocycles. The molecule has 2 aromatic rings. The molecular formula is C15H20N4O. The Labute approximate surface area is 119 Å². The Hall–Kier alpha value is -2.17. The van der Waals surface area contributed by atoms with Crippen LogP contribution in [-0.2, 0) is 11.3 Å². The van der Waals surface area contributed by atoms with E-state index in [1.807, 2.05) is 50.6 Å². The first-order valence-corrected chi connectivity index (χ1v) is 6.70. The summed E-state index contributed by atoms with van der Waals surface area (Å²) in [6.07, 6.45) is 1.69. The highest BCUT2D eigenvalue weighted by molar-refractivity contribution is 5.91. The summed E-state index contributed by atoms with van der Waals surface area (Å²) in [5.41, 5.74) is 3.10. The van der Waals surface area contributed by atoms with Crippen LogP contribution in [0.1, 0.15) is 23.9 Å². The summed E-state index contributed by atoms with van der Waals surface area (Å²) in [7, 11) is 0. The molecule has 0 aliphatic carbocycles. The Morgan fingerprint density at radius 2 is 2.10 bits per heavy atom. The van der Waals surface area contributed by atoms with Gasteiger partial charge in [-0.2, -0.15) is 5.10 Å². The first kappa shape index (κ1) is 14.2. The van der Waals surface area contributed by atoms with Crippen molar-refractivity contribution in [2.75, 3.05) is 5.32 Å². The lowest BCUT2D eigenvalue weighted by Crippen LogP contribution is -2.25. The number of anilines is 1. The van der Waals surface area contributed by atoms with Crippen molar-refractivity contribution in [1.29, 1.82) is 0 Å². The number of nitrogens with zero attached hydrogens (tertiary/aromatic N) is 3. The average Bonchev–Trinajstić information content (AvgIpc) is 2.67. The van der Waals surface area contributed by atoms with E-state index in [1.165, 1.54) is 0 Å². The Morgan fingerprint density at radius 1 is 1.35 bits per heavy atom. The molecule has 1 N–H and O–H groups in total. The number of carbonyl (C=O) groups excluding carboxylic acids is 1. The normalized spacial score (nSPS) is 12.2. The molecule has 2 rings (SSSR count). The zero-order valence-corrected chi connectivity index (χ0v) is 12.3. The van der Waals surface area contributed by atoms with Gasteiger partial charge < -0.3 is 5.32 Å². The van der Waals surface area contributed by atoms with Crippen molar-refractivity contribution in [3.63, 3.8) is 0 Å². The van der Waals surface area contributed by atoms with E-state index < -0.39 is 0 Å². The fraction of sp³-hybridized carbons (Fsp3) is 0.400. The molecule has 20 heavy (non-hydrogen) atoms. The van der Waals surface area contributed by atoms with Gasteiger partial charge in [-0.3, -0.25) is 9.48 Å². The van der Waals surface area contributed by atoms with E-state index in [4.69, 9.17) is 0 Å². The van der Waals surface area contributed by atoms with E-state index in [0.717, 1.165) is 17.0 Å². The van der Waals surface area contributed by atoms with E-state index >= 15 is 0 Å². The fourth-order valence-electron chi connectivity index (χ4n) is 2.06. The van der Waals surface area contributed by atoms with Crippen LogP contribution in [0.2, 0.25) is 0 Å². The second kappa shape index (κ2) is 5.86. The average molecular weight is 272 g/mol. The van der Waals surface area contributed by atoms with Gasteiger partial charge in [-0.05, 0) is 44.5 Å². The molecule has 0 aromatic carbocycles. The van der Waals surface area contributed by atoms with Gasteiger partial charge in [-0.1, -0.05) is 6.92 Å². The number of nitrogens with one attached hydrogen (secondary N) is 1. The molecule has 0 bridgehead atoms. The van der Waals surface area contributed by atoms with E-state index in [2.05, 4.69) is 15.4 Å². The van der Waals surface area contributed by atoms with Crippen LogP contribution in [0.25, 0.3) is 0 Å². The van der Waals surface area contributed by atoms with Gasteiger partial charge >= 0.3 is 0 Å². The zero-order valence-electron chi connectivity index (χ0n) is 12.3. The molecule has 106 valence electrons. The second-order valence-electron chi connectivity index (χ2n) is 5.22. The van der Waals surface area contributed by atoms with Crippen LogP contribution in [0, 0.1) is 26.7 Å². The van der Waals surface area contributed by atoms with Crippen molar-refractivity contribution in [2.45, 2.75) is 34.2 Å². The van der Waals surface area contributed by atoms with E-state index in [9.17, 15) is 4.79 Å². The topological polar surface area (TPSA) is 59.8 Å². The molecule has 0 aliphatic heterocycles. The van der Waals surface area contributed by atoms with Crippen molar-refractivity contribution in [2.24, 2.45) is 5.92 Å². The van der Waals surface area contributed by atoms with Gasteiger partial charge in [0.15, 0.2) is 0 Å². The third kappa shape index (κ3) is 3.44. The third-order valence-corrected chi connectivity index (χ3v) is 3.16. The molecule has 1 amide bonds. The van der Waals surface area contributed by atoms with Gasteiger partial charge in [0, 0.05) is 11.9 Å². The molecule has 2 heterocycles. The van der Waals surface area contributed by atoms with Gasteiger partial charge in [0.1, 0.15) is 5.82 Å². The van der Waals surface area contributed by atoms with Gasteiger partial charge in [0.2, 0.25) is 5.91 Å². The maximum absolute atomic E-state index is 12.2. The lowest BCUT2D eigenvalue weighted by Gasteiger charge is -2.13. The summed E-state index contributed by atoms with van der Waals surface area (Å²) >= 11 is 0. The number of hydrogen-bond donors (Lipinski definition) is 1. The molecule has 0 fully saturated rings. The zero-order chi connectivity index (χ0) is 14.7. The summed E-state index contributed by atoms with van der Waals surface area (Å²) in [5, 5.41) is 7.21. The van der Waals surface area contributed by atoms with Crippen LogP contribution in [0.5, 0.6) is 0 Å². The monoisotopic (exact) mass is 272 g/mol. The minimum Gasteiger partial charge on any atom is -0.310 e. The fourth-order valence-corrected chi connectivity index (χ4v) is 2.06.